The van der Waals surface area contributed by atoms with Crippen LogP contribution in [0.25, 0.3) is 5.57 Å². The fraction of sp³-hybridized carbons (Fsp3) is 0.154. The van der Waals surface area contributed by atoms with Crippen molar-refractivity contribution in [3.8, 4) is 5.75 Å². The van der Waals surface area contributed by atoms with E-state index in [0.717, 1.165) is 11.1 Å². The van der Waals surface area contributed by atoms with Gasteiger partial charge in [-0.15, -0.1) is 0 Å². The third-order valence-electron chi connectivity index (χ3n) is 5.57. The minimum Gasteiger partial charge on any atom is -0.497 e. The summed E-state index contributed by atoms with van der Waals surface area (Å²) in [5, 5.41) is 3.67. The van der Waals surface area contributed by atoms with Crippen LogP contribution in [0.3, 0.4) is 0 Å². The molecule has 1 aliphatic heterocycles. The Morgan fingerprint density at radius 1 is 0.906 bits per heavy atom. The fourth-order valence-corrected chi connectivity index (χ4v) is 4.04. The van der Waals surface area contributed by atoms with Gasteiger partial charge in [0.15, 0.2) is 0 Å². The molecule has 0 unspecified atom stereocenters. The third kappa shape index (κ3) is 3.76. The van der Waals surface area contributed by atoms with Gasteiger partial charge in [-0.25, -0.2) is 4.90 Å². The number of nitrogens with zero attached hydrogens (tertiary/aromatic N) is 1. The SMILES string of the molecule is COc1ccc(NC2=C(c3ccc(C)cc3C)C(=O)N(c3cccc(Cl)c3C)C2=O)cc1. The second kappa shape index (κ2) is 8.52. The largest absolute Gasteiger partial charge is 0.497 e. The molecule has 0 saturated carbocycles. The van der Waals surface area contributed by atoms with Crippen molar-refractivity contribution < 1.29 is 14.3 Å². The second-order valence-corrected chi connectivity index (χ2v) is 8.16. The van der Waals surface area contributed by atoms with Crippen LogP contribution < -0.4 is 15.0 Å². The van der Waals surface area contributed by atoms with Gasteiger partial charge in [0.1, 0.15) is 11.4 Å². The van der Waals surface area contributed by atoms with Crippen LogP contribution in [0.2, 0.25) is 5.02 Å². The van der Waals surface area contributed by atoms with E-state index in [9.17, 15) is 9.59 Å². The molecule has 0 spiro atoms. The van der Waals surface area contributed by atoms with Gasteiger partial charge in [0.05, 0.1) is 18.4 Å². The van der Waals surface area contributed by atoms with Crippen molar-refractivity contribution in [1.82, 2.24) is 0 Å². The molecule has 0 radical (unpaired) electrons. The Bertz CT molecular complexity index is 1260. The number of hydrogen-bond acceptors (Lipinski definition) is 4. The number of hydrogen-bond donors (Lipinski definition) is 1. The topological polar surface area (TPSA) is 58.6 Å². The Labute approximate surface area is 192 Å². The van der Waals surface area contributed by atoms with Crippen LogP contribution in [0, 0.1) is 20.8 Å². The van der Waals surface area contributed by atoms with E-state index in [1.807, 2.05) is 32.0 Å². The van der Waals surface area contributed by atoms with E-state index in [0.29, 0.717) is 38.8 Å². The molecule has 0 aromatic heterocycles. The number of amides is 2. The molecule has 32 heavy (non-hydrogen) atoms. The van der Waals surface area contributed by atoms with Crippen LogP contribution in [-0.4, -0.2) is 18.9 Å². The van der Waals surface area contributed by atoms with Crippen LogP contribution in [0.4, 0.5) is 11.4 Å². The standard InChI is InChI=1S/C26H23ClN2O3/c1-15-8-13-20(16(2)14-15)23-24(28-18-9-11-19(32-4)12-10-18)26(31)29(25(23)30)22-7-5-6-21(27)17(22)3/h5-14,28H,1-4H3. The summed E-state index contributed by atoms with van der Waals surface area (Å²) in [6, 6.07) is 18.2. The first-order chi connectivity index (χ1) is 15.3. The van der Waals surface area contributed by atoms with Crippen LogP contribution >= 0.6 is 11.6 Å². The molecule has 5 nitrogen and oxygen atoms in total. The molecule has 0 fully saturated rings. The summed E-state index contributed by atoms with van der Waals surface area (Å²) in [5.41, 5.74) is 5.09. The molecule has 1 heterocycles. The highest BCUT2D eigenvalue weighted by Gasteiger charge is 2.41. The first-order valence-electron chi connectivity index (χ1n) is 10.2. The Morgan fingerprint density at radius 2 is 1.62 bits per heavy atom. The zero-order chi connectivity index (χ0) is 23.0. The highest BCUT2D eigenvalue weighted by Crippen LogP contribution is 2.37. The number of imide groups is 1. The van der Waals surface area contributed by atoms with Gasteiger partial charge in [-0.2, -0.15) is 0 Å². The Kier molecular flexibility index (Phi) is 5.76. The van der Waals surface area contributed by atoms with Gasteiger partial charge in [-0.05, 0) is 73.9 Å². The lowest BCUT2D eigenvalue weighted by atomic mass is 9.97. The van der Waals surface area contributed by atoms with Crippen molar-refractivity contribution in [2.75, 3.05) is 17.3 Å². The molecular formula is C26H23ClN2O3. The maximum Gasteiger partial charge on any atom is 0.282 e. The maximum absolute atomic E-state index is 13.7. The summed E-state index contributed by atoms with van der Waals surface area (Å²) >= 11 is 6.29. The van der Waals surface area contributed by atoms with Crippen molar-refractivity contribution in [2.45, 2.75) is 20.8 Å². The third-order valence-corrected chi connectivity index (χ3v) is 5.98. The molecule has 1 N–H and O–H groups in total. The number of carbonyl (C=O) groups is 2. The van der Waals surface area contributed by atoms with Crippen LogP contribution in [0.1, 0.15) is 22.3 Å². The van der Waals surface area contributed by atoms with Crippen molar-refractivity contribution in [3.63, 3.8) is 0 Å². The lowest BCUT2D eigenvalue weighted by Gasteiger charge is -2.18. The monoisotopic (exact) mass is 446 g/mol. The van der Waals surface area contributed by atoms with Crippen LogP contribution in [-0.2, 0) is 9.59 Å². The molecule has 0 bridgehead atoms. The molecular weight excluding hydrogens is 424 g/mol. The van der Waals surface area contributed by atoms with E-state index >= 15 is 0 Å². The quantitative estimate of drug-likeness (QED) is 0.513. The fourth-order valence-electron chi connectivity index (χ4n) is 3.87. The zero-order valence-electron chi connectivity index (χ0n) is 18.3. The summed E-state index contributed by atoms with van der Waals surface area (Å²) in [6.07, 6.45) is 0. The summed E-state index contributed by atoms with van der Waals surface area (Å²) < 4.78 is 5.21. The van der Waals surface area contributed by atoms with Gasteiger partial charge >= 0.3 is 0 Å². The number of ether oxygens (including phenoxy) is 1. The predicted octanol–water partition coefficient (Wildman–Crippen LogP) is 5.67. The molecule has 6 heteroatoms. The number of nitrogens with one attached hydrogen (secondary N) is 1. The van der Waals surface area contributed by atoms with Crippen molar-refractivity contribution in [3.05, 3.63) is 93.6 Å². The Balaban J connectivity index is 1.86. The van der Waals surface area contributed by atoms with E-state index in [-0.39, 0.29) is 11.6 Å². The van der Waals surface area contributed by atoms with Gasteiger partial charge in [-0.3, -0.25) is 9.59 Å². The summed E-state index contributed by atoms with van der Waals surface area (Å²) in [5.74, 6) is -0.112. The Hall–Kier alpha value is -3.57. The maximum atomic E-state index is 13.7. The zero-order valence-corrected chi connectivity index (χ0v) is 19.1. The van der Waals surface area contributed by atoms with Gasteiger partial charge in [0, 0.05) is 10.7 Å². The molecule has 4 rings (SSSR count). The molecule has 162 valence electrons. The van der Waals surface area contributed by atoms with Gasteiger partial charge in [0.25, 0.3) is 11.8 Å². The average molecular weight is 447 g/mol. The van der Waals surface area contributed by atoms with E-state index in [4.69, 9.17) is 16.3 Å². The summed E-state index contributed by atoms with van der Waals surface area (Å²) in [6.45, 7) is 5.72. The van der Waals surface area contributed by atoms with E-state index in [2.05, 4.69) is 5.32 Å². The number of anilines is 2. The molecule has 0 saturated heterocycles. The van der Waals surface area contributed by atoms with E-state index in [1.54, 1.807) is 56.5 Å². The summed E-state index contributed by atoms with van der Waals surface area (Å²) in [7, 11) is 1.59. The van der Waals surface area contributed by atoms with Gasteiger partial charge in [0.2, 0.25) is 0 Å². The lowest BCUT2D eigenvalue weighted by molar-refractivity contribution is -0.120. The molecule has 0 atom stereocenters. The number of benzene rings is 3. The number of methoxy groups -OCH3 is 1. The van der Waals surface area contributed by atoms with Gasteiger partial charge < -0.3 is 10.1 Å². The van der Waals surface area contributed by atoms with Crippen molar-refractivity contribution in [2.24, 2.45) is 0 Å². The van der Waals surface area contributed by atoms with E-state index in [1.165, 1.54) is 4.90 Å². The number of aryl methyl sites for hydroxylation is 2. The predicted molar refractivity (Wildman–Crippen MR) is 128 cm³/mol. The first kappa shape index (κ1) is 21.7. The summed E-state index contributed by atoms with van der Waals surface area (Å²) in [4.78, 5) is 28.4. The molecule has 1 aliphatic rings. The van der Waals surface area contributed by atoms with Crippen molar-refractivity contribution >= 4 is 40.4 Å². The highest BCUT2D eigenvalue weighted by atomic mass is 35.5. The second-order valence-electron chi connectivity index (χ2n) is 7.75. The number of rotatable bonds is 5. The van der Waals surface area contributed by atoms with E-state index < -0.39 is 5.91 Å². The highest BCUT2D eigenvalue weighted by molar-refractivity contribution is 6.46. The van der Waals surface area contributed by atoms with Gasteiger partial charge in [-0.1, -0.05) is 41.4 Å². The minimum absolute atomic E-state index is 0.228. The lowest BCUT2D eigenvalue weighted by Crippen LogP contribution is -2.33. The molecule has 3 aromatic carbocycles. The smallest absolute Gasteiger partial charge is 0.282 e. The van der Waals surface area contributed by atoms with Crippen LogP contribution in [0.15, 0.2) is 66.4 Å². The Morgan fingerprint density at radius 3 is 2.28 bits per heavy atom. The van der Waals surface area contributed by atoms with Crippen LogP contribution in [0.5, 0.6) is 5.75 Å². The number of halogens is 1. The molecule has 3 aromatic rings. The first-order valence-corrected chi connectivity index (χ1v) is 10.6. The minimum atomic E-state index is -0.425. The number of carbonyl (C=O) groups excluding carboxylic acids is 2. The van der Waals surface area contributed by atoms with Crippen molar-refractivity contribution in [1.29, 1.82) is 0 Å². The normalized spacial score (nSPS) is 13.7. The molecule has 2 amide bonds. The molecule has 0 aliphatic carbocycles. The average Bonchev–Trinajstić information content (AvgIpc) is 3.00.